The second-order valence-electron chi connectivity index (χ2n) is 19.2. The summed E-state index contributed by atoms with van der Waals surface area (Å²) < 4.78 is 0. The van der Waals surface area contributed by atoms with Crippen molar-refractivity contribution in [2.24, 2.45) is 0 Å². The molecule has 4 aliphatic rings. The zero-order valence-electron chi connectivity index (χ0n) is 40.3. The Morgan fingerprint density at radius 3 is 1.30 bits per heavy atom. The predicted octanol–water partition coefficient (Wildman–Crippen LogP) is 9.75. The van der Waals surface area contributed by atoms with Gasteiger partial charge in [-0.15, -0.1) is 0 Å². The van der Waals surface area contributed by atoms with E-state index in [9.17, 15) is 43.5 Å². The number of phenolic OH excluding ortho intramolecular Hbond substituents is 1. The van der Waals surface area contributed by atoms with Crippen molar-refractivity contribution in [2.45, 2.75) is 6.92 Å². The number of carbonyl (C=O) groups excluding carboxylic acids is 8. The zero-order chi connectivity index (χ0) is 52.9. The molecule has 0 atom stereocenters. The van der Waals surface area contributed by atoms with Crippen LogP contribution in [0, 0.1) is 6.92 Å². The molecule has 77 heavy (non-hydrogen) atoms. The van der Waals surface area contributed by atoms with Gasteiger partial charge in [0.15, 0.2) is 0 Å². The fraction of sp³-hybridized carbons (Fsp3) is 0.0333. The third-order valence-corrected chi connectivity index (χ3v) is 14.7. The SMILES string of the molecule is Cc1ccc2[nH]c(-c3ccc(N4C(=O)c5ccc(-c6ccc7c(c6)C(=O)N(c6ccc(-c8nc9ccc(N%10C(=O)c%11ccc(-c%12ccc%13c(c%12)C(=O)N(C)C%13=O)cc%11C%10=O)cc9[nH]8)cc6)C7=O)cc5C4=O)cc3O)nc2c1. The predicted molar refractivity (Wildman–Crippen MR) is 283 cm³/mol. The van der Waals surface area contributed by atoms with E-state index in [4.69, 9.17) is 4.98 Å². The minimum atomic E-state index is -0.590. The fourth-order valence-electron chi connectivity index (χ4n) is 10.7. The first-order chi connectivity index (χ1) is 37.2. The summed E-state index contributed by atoms with van der Waals surface area (Å²) in [4.78, 5) is 128. The van der Waals surface area contributed by atoms with Crippen molar-refractivity contribution in [1.29, 1.82) is 0 Å². The van der Waals surface area contributed by atoms with E-state index in [-0.39, 0.29) is 56.3 Å². The molecule has 4 aliphatic heterocycles. The van der Waals surface area contributed by atoms with Crippen LogP contribution in [0.25, 0.3) is 67.1 Å². The van der Waals surface area contributed by atoms with E-state index in [1.54, 1.807) is 127 Å². The lowest BCUT2D eigenvalue weighted by Crippen LogP contribution is -2.29. The Morgan fingerprint density at radius 1 is 0.351 bits per heavy atom. The summed E-state index contributed by atoms with van der Waals surface area (Å²) in [6, 6.07) is 41.3. The number of hydrogen-bond donors (Lipinski definition) is 3. The van der Waals surface area contributed by atoms with Gasteiger partial charge in [0.05, 0.1) is 89.2 Å². The molecule has 3 N–H and O–H groups in total. The monoisotopic (exact) mass is 1010 g/mol. The highest BCUT2D eigenvalue weighted by Crippen LogP contribution is 2.40. The van der Waals surface area contributed by atoms with Crippen LogP contribution >= 0.6 is 0 Å². The van der Waals surface area contributed by atoms with Crippen molar-refractivity contribution in [3.05, 3.63) is 202 Å². The molecular formula is C60H34N8O9. The number of anilines is 3. The number of imide groups is 4. The van der Waals surface area contributed by atoms with Crippen molar-refractivity contribution in [3.8, 4) is 50.8 Å². The summed E-state index contributed by atoms with van der Waals surface area (Å²) in [6.07, 6.45) is 0. The minimum Gasteiger partial charge on any atom is -0.507 e. The van der Waals surface area contributed by atoms with Crippen molar-refractivity contribution in [1.82, 2.24) is 24.8 Å². The van der Waals surface area contributed by atoms with Gasteiger partial charge in [0.2, 0.25) is 0 Å². The molecule has 10 aromatic rings. The van der Waals surface area contributed by atoms with Crippen molar-refractivity contribution >= 4 is 86.4 Å². The number of benzene rings is 8. The maximum absolute atomic E-state index is 14.0. The van der Waals surface area contributed by atoms with Crippen LogP contribution in [0.2, 0.25) is 0 Å². The lowest BCUT2D eigenvalue weighted by atomic mass is 9.97. The number of aromatic amines is 2. The van der Waals surface area contributed by atoms with Crippen LogP contribution in [0.1, 0.15) is 88.4 Å². The second-order valence-corrected chi connectivity index (χ2v) is 19.2. The van der Waals surface area contributed by atoms with Gasteiger partial charge >= 0.3 is 0 Å². The molecule has 0 spiro atoms. The molecule has 8 aromatic carbocycles. The number of imidazole rings is 2. The number of aromatic hydroxyl groups is 1. The zero-order valence-corrected chi connectivity index (χ0v) is 40.3. The Morgan fingerprint density at radius 2 is 0.753 bits per heavy atom. The molecule has 0 unspecified atom stereocenters. The van der Waals surface area contributed by atoms with E-state index in [0.29, 0.717) is 73.0 Å². The lowest BCUT2D eigenvalue weighted by molar-refractivity contribution is 0.0690. The Hall–Kier alpha value is -10.9. The molecule has 17 heteroatoms. The van der Waals surface area contributed by atoms with Gasteiger partial charge in [0, 0.05) is 18.7 Å². The van der Waals surface area contributed by atoms with E-state index in [1.165, 1.54) is 13.1 Å². The van der Waals surface area contributed by atoms with Crippen LogP contribution in [0.5, 0.6) is 5.75 Å². The van der Waals surface area contributed by atoms with Crippen molar-refractivity contribution in [3.63, 3.8) is 0 Å². The van der Waals surface area contributed by atoms with Gasteiger partial charge in [-0.3, -0.25) is 43.3 Å². The maximum atomic E-state index is 14.0. The molecule has 0 aliphatic carbocycles. The molecule has 8 amide bonds. The standard InChI is InChI=1S/C60H34N8O9/c1-28-3-19-46-48(21-28)64-52(62-46)41-18-12-36(27-50(41)69)68-57(74)40-17-9-33(25-45(40)60(68)77)32-7-15-38-43(23-32)58(75)66(55(38)72)34-10-4-29(5-11-34)51-61-47-20-13-35(26-49(47)63-51)67-56(73)39-16-8-31(24-44(39)59(67)76)30-6-14-37-42(22-30)54(71)65(2)53(37)70/h3-27,69H,1-2H3,(H,61,63)(H,62,64). The fourth-order valence-corrected chi connectivity index (χ4v) is 10.7. The van der Waals surface area contributed by atoms with E-state index >= 15 is 0 Å². The molecule has 0 fully saturated rings. The van der Waals surface area contributed by atoms with Crippen LogP contribution in [-0.4, -0.2) is 84.2 Å². The maximum Gasteiger partial charge on any atom is 0.266 e. The topological polar surface area (TPSA) is 227 Å². The van der Waals surface area contributed by atoms with Crippen LogP contribution in [0.4, 0.5) is 17.1 Å². The van der Waals surface area contributed by atoms with Gasteiger partial charge in [-0.1, -0.05) is 30.3 Å². The number of carbonyl (C=O) groups is 8. The smallest absolute Gasteiger partial charge is 0.266 e. The third kappa shape index (κ3) is 6.60. The molecule has 0 saturated heterocycles. The molecule has 0 saturated carbocycles. The largest absolute Gasteiger partial charge is 0.507 e. The van der Waals surface area contributed by atoms with Crippen molar-refractivity contribution in [2.75, 3.05) is 21.7 Å². The summed E-state index contributed by atoms with van der Waals surface area (Å²) in [6.45, 7) is 1.96. The summed E-state index contributed by atoms with van der Waals surface area (Å²) in [5, 5.41) is 11.1. The minimum absolute atomic E-state index is 0.138. The van der Waals surface area contributed by atoms with Crippen LogP contribution in [-0.2, 0) is 0 Å². The van der Waals surface area contributed by atoms with Crippen LogP contribution < -0.4 is 14.7 Å². The lowest BCUT2D eigenvalue weighted by Gasteiger charge is -2.15. The number of rotatable bonds is 7. The molecule has 6 heterocycles. The van der Waals surface area contributed by atoms with E-state index in [0.717, 1.165) is 36.2 Å². The first-order valence-electron chi connectivity index (χ1n) is 24.1. The number of fused-ring (bicyclic) bond motifs is 6. The van der Waals surface area contributed by atoms with E-state index in [2.05, 4.69) is 15.0 Å². The highest BCUT2D eigenvalue weighted by molar-refractivity contribution is 6.37. The Labute approximate surface area is 434 Å². The summed E-state index contributed by atoms with van der Waals surface area (Å²) in [7, 11) is 1.42. The number of hydrogen-bond acceptors (Lipinski definition) is 11. The normalized spacial score (nSPS) is 14.8. The molecular weight excluding hydrogens is 977 g/mol. The molecule has 0 radical (unpaired) electrons. The van der Waals surface area contributed by atoms with Gasteiger partial charge in [0.25, 0.3) is 47.3 Å². The Balaban J connectivity index is 0.675. The number of amides is 8. The number of phenols is 1. The van der Waals surface area contributed by atoms with E-state index in [1.807, 2.05) is 25.1 Å². The molecule has 17 nitrogen and oxygen atoms in total. The summed E-state index contributed by atoms with van der Waals surface area (Å²) in [5.74, 6) is -3.35. The number of aromatic nitrogens is 4. The van der Waals surface area contributed by atoms with Gasteiger partial charge in [-0.2, -0.15) is 0 Å². The first-order valence-corrected chi connectivity index (χ1v) is 24.1. The first kappa shape index (κ1) is 44.7. The molecule has 0 bridgehead atoms. The third-order valence-electron chi connectivity index (χ3n) is 14.7. The average molecular weight is 1010 g/mol. The molecule has 368 valence electrons. The second kappa shape index (κ2) is 16.0. The molecule has 14 rings (SSSR count). The Kier molecular flexibility index (Phi) is 9.31. The van der Waals surface area contributed by atoms with E-state index < -0.39 is 41.4 Å². The highest BCUT2D eigenvalue weighted by Gasteiger charge is 2.41. The van der Waals surface area contributed by atoms with Crippen LogP contribution in [0.3, 0.4) is 0 Å². The van der Waals surface area contributed by atoms with Gasteiger partial charge in [0.1, 0.15) is 17.4 Å². The number of nitrogens with one attached hydrogen (secondary N) is 2. The number of aryl methyl sites for hydroxylation is 1. The quantitative estimate of drug-likeness (QED) is 0.127. The van der Waals surface area contributed by atoms with Crippen LogP contribution in [0.15, 0.2) is 152 Å². The van der Waals surface area contributed by atoms with Crippen molar-refractivity contribution < 1.29 is 43.5 Å². The van der Waals surface area contributed by atoms with Gasteiger partial charge in [-0.05, 0) is 150 Å². The number of H-pyrrole nitrogens is 2. The number of nitrogens with zero attached hydrogens (tertiary/aromatic N) is 6. The Bertz CT molecular complexity index is 4480. The highest BCUT2D eigenvalue weighted by atomic mass is 16.3. The van der Waals surface area contributed by atoms with Gasteiger partial charge < -0.3 is 15.1 Å². The summed E-state index contributed by atoms with van der Waals surface area (Å²) in [5.41, 5.74) is 9.39. The van der Waals surface area contributed by atoms with Gasteiger partial charge in [-0.25, -0.2) is 24.7 Å². The summed E-state index contributed by atoms with van der Waals surface area (Å²) >= 11 is 0. The molecule has 2 aromatic heterocycles. The average Bonchev–Trinajstić information content (AvgIpc) is 4.28.